The van der Waals surface area contributed by atoms with E-state index < -0.39 is 5.56 Å². The van der Waals surface area contributed by atoms with E-state index in [1.54, 1.807) is 0 Å². The second kappa shape index (κ2) is 9.67. The zero-order valence-corrected chi connectivity index (χ0v) is 18.4. The van der Waals surface area contributed by atoms with Crippen LogP contribution in [0.1, 0.15) is 100 Å². The fourth-order valence-electron chi connectivity index (χ4n) is 5.10. The summed E-state index contributed by atoms with van der Waals surface area (Å²) in [5.41, 5.74) is 0.407. The van der Waals surface area contributed by atoms with Crippen molar-refractivity contribution in [2.75, 3.05) is 0 Å². The molecular formula is C25H33N3O3. The fraction of sp³-hybridized carbons (Fsp3) is 0.560. The molecule has 0 saturated heterocycles. The molecule has 2 aliphatic rings. The number of benzene rings is 1. The average Bonchev–Trinajstić information content (AvgIpc) is 2.81. The van der Waals surface area contributed by atoms with Crippen LogP contribution in [0.3, 0.4) is 0 Å². The van der Waals surface area contributed by atoms with Crippen molar-refractivity contribution < 1.29 is 5.11 Å². The summed E-state index contributed by atoms with van der Waals surface area (Å²) in [7, 11) is 0. The van der Waals surface area contributed by atoms with Crippen molar-refractivity contribution in [1.29, 1.82) is 0 Å². The minimum Gasteiger partial charge on any atom is -0.494 e. The molecule has 2 aliphatic carbocycles. The molecule has 0 radical (unpaired) electrons. The van der Waals surface area contributed by atoms with E-state index in [-0.39, 0.29) is 35.3 Å². The van der Waals surface area contributed by atoms with Gasteiger partial charge in [-0.3, -0.25) is 18.9 Å². The van der Waals surface area contributed by atoms with E-state index in [0.717, 1.165) is 69.8 Å². The Hall–Kier alpha value is -2.63. The third kappa shape index (κ3) is 4.53. The van der Waals surface area contributed by atoms with Crippen molar-refractivity contribution >= 4 is 6.21 Å². The summed E-state index contributed by atoms with van der Waals surface area (Å²) in [6.07, 6.45) is 11.3. The second-order valence-corrected chi connectivity index (χ2v) is 9.01. The Morgan fingerprint density at radius 2 is 1.45 bits per heavy atom. The first-order valence-corrected chi connectivity index (χ1v) is 11.8. The van der Waals surface area contributed by atoms with Crippen molar-refractivity contribution in [1.82, 2.24) is 9.13 Å². The molecule has 166 valence electrons. The molecular weight excluding hydrogens is 390 g/mol. The van der Waals surface area contributed by atoms with Gasteiger partial charge in [-0.25, -0.2) is 4.79 Å². The largest absolute Gasteiger partial charge is 0.494 e. The van der Waals surface area contributed by atoms with E-state index in [4.69, 9.17) is 0 Å². The highest BCUT2D eigenvalue weighted by atomic mass is 16.3. The second-order valence-electron chi connectivity index (χ2n) is 9.01. The first-order valence-electron chi connectivity index (χ1n) is 11.8. The zero-order chi connectivity index (χ0) is 21.8. The van der Waals surface area contributed by atoms with Gasteiger partial charge in [0, 0.05) is 18.3 Å². The highest BCUT2D eigenvalue weighted by molar-refractivity contribution is 5.82. The SMILES string of the molecule is CC(N=Cc1c(O)n(C2CCCCC2)c(=O)n(C2CCCCC2)c1=O)c1ccccc1. The van der Waals surface area contributed by atoms with Gasteiger partial charge in [0.25, 0.3) is 5.56 Å². The lowest BCUT2D eigenvalue weighted by Gasteiger charge is -2.29. The van der Waals surface area contributed by atoms with Gasteiger partial charge in [0.15, 0.2) is 0 Å². The number of hydrogen-bond acceptors (Lipinski definition) is 4. The Kier molecular flexibility index (Phi) is 6.73. The van der Waals surface area contributed by atoms with Gasteiger partial charge >= 0.3 is 5.69 Å². The van der Waals surface area contributed by atoms with E-state index in [1.165, 1.54) is 15.3 Å². The molecule has 0 bridgehead atoms. The number of rotatable bonds is 5. The number of aromatic nitrogens is 2. The predicted octanol–water partition coefficient (Wildman–Crippen LogP) is 4.91. The molecule has 1 atom stereocenters. The quantitative estimate of drug-likeness (QED) is 0.695. The van der Waals surface area contributed by atoms with Crippen molar-refractivity contribution in [2.45, 2.75) is 89.3 Å². The van der Waals surface area contributed by atoms with Gasteiger partial charge in [0.2, 0.25) is 5.88 Å². The van der Waals surface area contributed by atoms with Crippen LogP contribution in [0.25, 0.3) is 0 Å². The number of aromatic hydroxyl groups is 1. The first kappa shape index (κ1) is 21.6. The van der Waals surface area contributed by atoms with Crippen LogP contribution >= 0.6 is 0 Å². The van der Waals surface area contributed by atoms with Crippen LogP contribution < -0.4 is 11.2 Å². The Bertz CT molecular complexity index is 1030. The lowest BCUT2D eigenvalue weighted by molar-refractivity contribution is 0.271. The van der Waals surface area contributed by atoms with Crippen LogP contribution in [0.5, 0.6) is 5.88 Å². The van der Waals surface area contributed by atoms with E-state index in [0.29, 0.717) is 0 Å². The Labute approximate surface area is 183 Å². The van der Waals surface area contributed by atoms with Crippen LogP contribution in [0.15, 0.2) is 44.9 Å². The lowest BCUT2D eigenvalue weighted by atomic mass is 9.94. The first-order chi connectivity index (χ1) is 15.1. The molecule has 4 rings (SSSR count). The molecule has 0 amide bonds. The molecule has 1 heterocycles. The van der Waals surface area contributed by atoms with E-state index in [2.05, 4.69) is 4.99 Å². The fourth-order valence-corrected chi connectivity index (χ4v) is 5.10. The van der Waals surface area contributed by atoms with Crippen LogP contribution in [-0.2, 0) is 0 Å². The van der Waals surface area contributed by atoms with Gasteiger partial charge in [-0.1, -0.05) is 68.9 Å². The predicted molar refractivity (Wildman–Crippen MR) is 123 cm³/mol. The Balaban J connectivity index is 1.80. The smallest absolute Gasteiger partial charge is 0.334 e. The Morgan fingerprint density at radius 3 is 2.03 bits per heavy atom. The molecule has 2 aromatic rings. The zero-order valence-electron chi connectivity index (χ0n) is 18.4. The summed E-state index contributed by atoms with van der Waals surface area (Å²) in [5, 5.41) is 11.1. The molecule has 1 aromatic heterocycles. The lowest BCUT2D eigenvalue weighted by Crippen LogP contribution is -2.45. The van der Waals surface area contributed by atoms with Gasteiger partial charge in [-0.15, -0.1) is 0 Å². The summed E-state index contributed by atoms with van der Waals surface area (Å²) >= 11 is 0. The molecule has 31 heavy (non-hydrogen) atoms. The van der Waals surface area contributed by atoms with Crippen LogP contribution in [-0.4, -0.2) is 20.5 Å². The van der Waals surface area contributed by atoms with Crippen LogP contribution in [0, 0.1) is 0 Å². The van der Waals surface area contributed by atoms with Crippen molar-refractivity contribution in [3.8, 4) is 5.88 Å². The monoisotopic (exact) mass is 423 g/mol. The van der Waals surface area contributed by atoms with Gasteiger partial charge in [-0.2, -0.15) is 0 Å². The van der Waals surface area contributed by atoms with E-state index in [9.17, 15) is 14.7 Å². The van der Waals surface area contributed by atoms with E-state index >= 15 is 0 Å². The van der Waals surface area contributed by atoms with Gasteiger partial charge in [-0.05, 0) is 38.2 Å². The summed E-state index contributed by atoms with van der Waals surface area (Å²) < 4.78 is 2.91. The van der Waals surface area contributed by atoms with Crippen molar-refractivity contribution in [3.63, 3.8) is 0 Å². The summed E-state index contributed by atoms with van der Waals surface area (Å²) in [6.45, 7) is 1.96. The standard InChI is InChI=1S/C25H33N3O3/c1-18(19-11-5-2-6-12-19)26-17-22-23(29)27(20-13-7-3-8-14-20)25(31)28(24(22)30)21-15-9-4-10-16-21/h2,5-6,11-12,17-18,20-21,29H,3-4,7-10,13-16H2,1H3. The summed E-state index contributed by atoms with van der Waals surface area (Å²) in [6, 6.07) is 9.54. The average molecular weight is 424 g/mol. The normalized spacial score (nSPS) is 19.6. The van der Waals surface area contributed by atoms with Crippen LogP contribution in [0.2, 0.25) is 0 Å². The highest BCUT2D eigenvalue weighted by Gasteiger charge is 2.28. The summed E-state index contributed by atoms with van der Waals surface area (Å²) in [5.74, 6) is -0.224. The number of aliphatic imine (C=N–C) groups is 1. The van der Waals surface area contributed by atoms with Crippen molar-refractivity contribution in [3.05, 3.63) is 62.3 Å². The number of hydrogen-bond donors (Lipinski definition) is 1. The third-order valence-electron chi connectivity index (χ3n) is 6.92. The maximum Gasteiger partial charge on any atom is 0.334 e. The summed E-state index contributed by atoms with van der Waals surface area (Å²) in [4.78, 5) is 31.4. The van der Waals surface area contributed by atoms with Gasteiger partial charge in [0.1, 0.15) is 5.56 Å². The third-order valence-corrected chi connectivity index (χ3v) is 6.92. The highest BCUT2D eigenvalue weighted by Crippen LogP contribution is 2.31. The minimum absolute atomic E-state index is 0.0598. The van der Waals surface area contributed by atoms with Gasteiger partial charge in [0.05, 0.1) is 6.04 Å². The van der Waals surface area contributed by atoms with E-state index in [1.807, 2.05) is 37.3 Å². The van der Waals surface area contributed by atoms with Gasteiger partial charge < -0.3 is 5.11 Å². The molecule has 2 fully saturated rings. The molecule has 2 saturated carbocycles. The Morgan fingerprint density at radius 1 is 0.903 bits per heavy atom. The topological polar surface area (TPSA) is 76.6 Å². The van der Waals surface area contributed by atoms with Crippen molar-refractivity contribution in [2.24, 2.45) is 4.99 Å². The maximum atomic E-state index is 13.4. The molecule has 1 aromatic carbocycles. The van der Waals surface area contributed by atoms with Crippen LogP contribution in [0.4, 0.5) is 0 Å². The molecule has 1 unspecified atom stereocenters. The molecule has 6 nitrogen and oxygen atoms in total. The molecule has 1 N–H and O–H groups in total. The maximum absolute atomic E-state index is 13.4. The number of nitrogens with zero attached hydrogens (tertiary/aromatic N) is 3. The molecule has 0 aliphatic heterocycles. The minimum atomic E-state index is -0.412. The molecule has 0 spiro atoms. The molecule has 6 heteroatoms.